The second kappa shape index (κ2) is 9.39. The van der Waals surface area contributed by atoms with Gasteiger partial charge in [0, 0.05) is 33.5 Å². The van der Waals surface area contributed by atoms with Crippen molar-refractivity contribution in [1.29, 1.82) is 0 Å². The van der Waals surface area contributed by atoms with Crippen molar-refractivity contribution in [1.82, 2.24) is 0 Å². The van der Waals surface area contributed by atoms with Gasteiger partial charge in [-0.2, -0.15) is 0 Å². The van der Waals surface area contributed by atoms with Crippen molar-refractivity contribution in [2.24, 2.45) is 21.7 Å². The second-order valence-corrected chi connectivity index (χ2v) is 16.6. The van der Waals surface area contributed by atoms with E-state index in [1.165, 1.54) is 17.8 Å². The van der Waals surface area contributed by atoms with Crippen LogP contribution >= 0.6 is 11.8 Å². The topological polar surface area (TPSA) is 135 Å². The normalized spacial score (nSPS) is 38.0. The minimum Gasteiger partial charge on any atom is -0.460 e. The van der Waals surface area contributed by atoms with Crippen molar-refractivity contribution in [2.75, 3.05) is 0 Å². The van der Waals surface area contributed by atoms with Crippen LogP contribution in [-0.4, -0.2) is 46.4 Å². The monoisotopic (exact) mass is 652 g/mol. The molecule has 0 amide bonds. The lowest BCUT2D eigenvalue weighted by Gasteiger charge is -2.41. The van der Waals surface area contributed by atoms with Gasteiger partial charge in [-0.25, -0.2) is 9.59 Å². The average Bonchev–Trinajstić information content (AvgIpc) is 3.46. The molecule has 4 heterocycles. The van der Waals surface area contributed by atoms with Crippen molar-refractivity contribution < 1.29 is 42.5 Å². The van der Waals surface area contributed by atoms with Crippen LogP contribution in [0.4, 0.5) is 0 Å². The quantitative estimate of drug-likeness (QED) is 0.295. The van der Waals surface area contributed by atoms with E-state index in [4.69, 9.17) is 23.4 Å². The molecule has 0 spiro atoms. The van der Waals surface area contributed by atoms with Crippen molar-refractivity contribution in [3.63, 3.8) is 0 Å². The Kier molecular flexibility index (Phi) is 6.38. The first-order valence-corrected chi connectivity index (χ1v) is 16.9. The maximum Gasteiger partial charge on any atom is 0.351 e. The van der Waals surface area contributed by atoms with Crippen LogP contribution in [0.3, 0.4) is 0 Å². The van der Waals surface area contributed by atoms with E-state index in [9.17, 15) is 24.0 Å². The number of benzene rings is 1. The molecule has 1 aromatic heterocycles. The Labute approximate surface area is 271 Å². The lowest BCUT2D eigenvalue weighted by Crippen LogP contribution is -2.53. The van der Waals surface area contributed by atoms with Crippen LogP contribution < -0.4 is 5.43 Å². The zero-order valence-electron chi connectivity index (χ0n) is 27.5. The molecule has 246 valence electrons. The van der Waals surface area contributed by atoms with E-state index in [2.05, 4.69) is 0 Å². The molecule has 46 heavy (non-hydrogen) atoms. The number of aryl methyl sites for hydroxylation is 1. The van der Waals surface area contributed by atoms with Gasteiger partial charge >= 0.3 is 23.9 Å². The number of fused-ring (bicyclic) bond motifs is 7. The third-order valence-corrected chi connectivity index (χ3v) is 14.2. The van der Waals surface area contributed by atoms with Crippen molar-refractivity contribution >= 4 is 46.6 Å². The summed E-state index contributed by atoms with van der Waals surface area (Å²) < 4.78 is 30.7. The van der Waals surface area contributed by atoms with Gasteiger partial charge in [0.15, 0.2) is 17.6 Å². The molecule has 2 aromatic rings. The third-order valence-electron chi connectivity index (χ3n) is 13.0. The van der Waals surface area contributed by atoms with Crippen LogP contribution in [0.5, 0.6) is 0 Å². The number of hydrogen-bond donors (Lipinski definition) is 0. The maximum absolute atomic E-state index is 14.4. The molecule has 2 aliphatic carbocycles. The standard InChI is InChI=1S/C35H40O10S/c1-9-18-16-20(36)19-10-11-21-22(24(19)41-18)25(43-29(40)35-15-13-33(8,27(38)45-35)31(35,5)6)23(17(2)46-21)42-28(39)34-14-12-32(7,26(37)44-34)30(34,3)4/h10-11,16-17,23,25H,9,12-15H2,1-8H3/t17-,23-,25+,32?,33?,34?,35?/m0/s1. The zero-order chi connectivity index (χ0) is 33.4. The summed E-state index contributed by atoms with van der Waals surface area (Å²) in [5.74, 6) is -1.88. The largest absolute Gasteiger partial charge is 0.460 e. The molecule has 4 fully saturated rings. The molecular formula is C35H40O10S. The molecule has 2 saturated heterocycles. The number of carbonyl (C=O) groups is 4. The van der Waals surface area contributed by atoms with Crippen LogP contribution in [0.25, 0.3) is 11.0 Å². The van der Waals surface area contributed by atoms with Gasteiger partial charge in [-0.1, -0.05) is 34.6 Å². The van der Waals surface area contributed by atoms with Gasteiger partial charge in [0.1, 0.15) is 11.3 Å². The minimum absolute atomic E-state index is 0.246. The van der Waals surface area contributed by atoms with E-state index in [0.717, 1.165) is 0 Å². The summed E-state index contributed by atoms with van der Waals surface area (Å²) in [7, 11) is 0. The molecule has 4 unspecified atom stereocenters. The fourth-order valence-corrected chi connectivity index (χ4v) is 9.83. The fraction of sp³-hybridized carbons (Fsp3) is 0.629. The second-order valence-electron chi connectivity index (χ2n) is 15.2. The zero-order valence-corrected chi connectivity index (χ0v) is 28.3. The highest BCUT2D eigenvalue weighted by molar-refractivity contribution is 8.00. The molecule has 5 aliphatic rings. The highest BCUT2D eigenvalue weighted by Gasteiger charge is 2.78. The number of carbonyl (C=O) groups excluding carboxylic acids is 4. The first kappa shape index (κ1) is 31.3. The van der Waals surface area contributed by atoms with Gasteiger partial charge < -0.3 is 23.4 Å². The minimum atomic E-state index is -1.55. The van der Waals surface area contributed by atoms with E-state index in [0.29, 0.717) is 47.3 Å². The Morgan fingerprint density at radius 2 is 1.39 bits per heavy atom. The summed E-state index contributed by atoms with van der Waals surface area (Å²) in [5, 5.41) is -0.130. The molecule has 4 bridgehead atoms. The summed E-state index contributed by atoms with van der Waals surface area (Å²) in [6.45, 7) is 14.7. The molecule has 10 nitrogen and oxygen atoms in total. The van der Waals surface area contributed by atoms with Crippen molar-refractivity contribution in [3.8, 4) is 0 Å². The predicted molar refractivity (Wildman–Crippen MR) is 166 cm³/mol. The first-order chi connectivity index (χ1) is 21.4. The number of ether oxygens (including phenoxy) is 4. The molecule has 0 radical (unpaired) electrons. The maximum atomic E-state index is 14.4. The van der Waals surface area contributed by atoms with E-state index >= 15 is 0 Å². The van der Waals surface area contributed by atoms with Crippen LogP contribution in [0, 0.1) is 21.7 Å². The molecule has 0 N–H and O–H groups in total. The molecule has 7 rings (SSSR count). The number of hydrogen-bond acceptors (Lipinski definition) is 11. The van der Waals surface area contributed by atoms with Crippen LogP contribution in [0.15, 0.2) is 32.3 Å². The van der Waals surface area contributed by atoms with E-state index in [1.807, 2.05) is 55.4 Å². The summed E-state index contributed by atoms with van der Waals surface area (Å²) >= 11 is 1.41. The Balaban J connectivity index is 1.35. The highest BCUT2D eigenvalue weighted by Crippen LogP contribution is 2.67. The summed E-state index contributed by atoms with van der Waals surface area (Å²) in [4.78, 5) is 68.7. The van der Waals surface area contributed by atoms with Crippen molar-refractivity contribution in [3.05, 3.63) is 39.7 Å². The SMILES string of the molecule is CCc1cc(=O)c2ccc3c(c2o1)[C@@H](OC(=O)C12CCC(C)(C(=O)O1)C2(C)C)[C@@H](OC(=O)C12CCC(C)(C(=O)O1)C2(C)C)[C@H](C)S3. The third kappa shape index (κ3) is 3.48. The molecule has 7 atom stereocenters. The number of rotatable bonds is 5. The fourth-order valence-electron chi connectivity index (χ4n) is 8.61. The van der Waals surface area contributed by atoms with Crippen LogP contribution in [0.1, 0.15) is 98.5 Å². The van der Waals surface area contributed by atoms with Gasteiger partial charge in [0.2, 0.25) is 11.2 Å². The summed E-state index contributed by atoms with van der Waals surface area (Å²) in [6, 6.07) is 4.91. The first-order valence-electron chi connectivity index (χ1n) is 16.1. The Morgan fingerprint density at radius 1 is 0.848 bits per heavy atom. The van der Waals surface area contributed by atoms with Gasteiger partial charge in [-0.15, -0.1) is 11.8 Å². The average molecular weight is 653 g/mol. The lowest BCUT2D eigenvalue weighted by atomic mass is 9.66. The number of thioether (sulfide) groups is 1. The Morgan fingerprint density at radius 3 is 1.87 bits per heavy atom. The van der Waals surface area contributed by atoms with E-state index in [1.54, 1.807) is 12.1 Å². The van der Waals surface area contributed by atoms with E-state index in [-0.39, 0.29) is 17.4 Å². The van der Waals surface area contributed by atoms with Gasteiger partial charge in [0.05, 0.1) is 21.8 Å². The Hall–Kier alpha value is -3.34. The molecule has 3 aliphatic heterocycles. The molecule has 2 saturated carbocycles. The van der Waals surface area contributed by atoms with Crippen molar-refractivity contribution in [2.45, 2.75) is 121 Å². The highest BCUT2D eigenvalue weighted by atomic mass is 32.2. The Bertz CT molecular complexity index is 1810. The smallest absolute Gasteiger partial charge is 0.351 e. The molecule has 11 heteroatoms. The van der Waals surface area contributed by atoms with Crippen LogP contribution in [0.2, 0.25) is 0 Å². The van der Waals surface area contributed by atoms with Gasteiger partial charge in [0.25, 0.3) is 0 Å². The molecular weight excluding hydrogens is 612 g/mol. The van der Waals surface area contributed by atoms with Crippen LogP contribution in [-0.2, 0) is 44.5 Å². The number of esters is 4. The summed E-state index contributed by atoms with van der Waals surface area (Å²) in [6.07, 6.45) is -0.306. The van der Waals surface area contributed by atoms with Gasteiger partial charge in [-0.05, 0) is 58.6 Å². The lowest BCUT2D eigenvalue weighted by molar-refractivity contribution is -0.202. The summed E-state index contributed by atoms with van der Waals surface area (Å²) in [5.41, 5.74) is -6.09. The predicted octanol–water partition coefficient (Wildman–Crippen LogP) is 5.59. The van der Waals surface area contributed by atoms with Gasteiger partial charge in [-0.3, -0.25) is 14.4 Å². The van der Waals surface area contributed by atoms with E-state index < -0.39 is 74.2 Å². The molecule has 1 aromatic carbocycles.